The maximum Gasteiger partial charge on any atom is 0.213 e. The highest BCUT2D eigenvalue weighted by atomic mass is 14.9. The van der Waals surface area contributed by atoms with Gasteiger partial charge < -0.3 is 0 Å². The van der Waals surface area contributed by atoms with Crippen LogP contribution >= 0.6 is 0 Å². The van der Waals surface area contributed by atoms with E-state index in [9.17, 15) is 0 Å². The van der Waals surface area contributed by atoms with E-state index < -0.39 is 0 Å². The molecule has 0 N–H and O–H groups in total. The molecule has 2 heteroatoms. The third kappa shape index (κ3) is 1.92. The summed E-state index contributed by atoms with van der Waals surface area (Å²) in [4.78, 5) is 4.76. The minimum absolute atomic E-state index is 1.06. The van der Waals surface area contributed by atoms with E-state index in [1.807, 2.05) is 6.20 Å². The molecule has 4 aromatic carbocycles. The van der Waals surface area contributed by atoms with Crippen LogP contribution < -0.4 is 4.57 Å². The van der Waals surface area contributed by atoms with Gasteiger partial charge >= 0.3 is 0 Å². The smallest absolute Gasteiger partial charge is 0.213 e. The van der Waals surface area contributed by atoms with Gasteiger partial charge in [-0.15, -0.1) is 0 Å². The Labute approximate surface area is 163 Å². The van der Waals surface area contributed by atoms with Crippen molar-refractivity contribution in [1.29, 1.82) is 0 Å². The second-order valence-electron chi connectivity index (χ2n) is 7.60. The number of fused-ring (bicyclic) bond motifs is 3. The predicted octanol–water partition coefficient (Wildman–Crippen LogP) is 5.93. The monoisotopic (exact) mass is 359 g/mol. The summed E-state index contributed by atoms with van der Waals surface area (Å²) < 4.78 is 2.21. The fourth-order valence-corrected chi connectivity index (χ4v) is 4.76. The summed E-state index contributed by atoms with van der Waals surface area (Å²) in [6.45, 7) is 2.21. The van der Waals surface area contributed by atoms with Crippen LogP contribution in [0.5, 0.6) is 0 Å². The van der Waals surface area contributed by atoms with Crippen LogP contribution in [-0.2, 0) is 7.05 Å². The summed E-state index contributed by atoms with van der Waals surface area (Å²) in [5, 5.41) is 9.01. The van der Waals surface area contributed by atoms with Gasteiger partial charge in [-0.05, 0) is 40.8 Å². The summed E-state index contributed by atoms with van der Waals surface area (Å²) in [7, 11) is 2.12. The molecule has 0 radical (unpaired) electrons. The summed E-state index contributed by atoms with van der Waals surface area (Å²) in [6, 6.07) is 24.0. The van der Waals surface area contributed by atoms with Crippen molar-refractivity contribution in [2.75, 3.05) is 0 Å². The number of nitrogens with zero attached hydrogens (tertiary/aromatic N) is 2. The van der Waals surface area contributed by atoms with Crippen LogP contribution in [0.2, 0.25) is 0 Å². The number of benzene rings is 4. The highest BCUT2D eigenvalue weighted by Crippen LogP contribution is 2.43. The average molecular weight is 359 g/mol. The Morgan fingerprint density at radius 2 is 1.54 bits per heavy atom. The number of aryl methyl sites for hydroxylation is 2. The van der Waals surface area contributed by atoms with Gasteiger partial charge in [-0.2, -0.15) is 0 Å². The number of hydrogen-bond acceptors (Lipinski definition) is 1. The third-order valence-corrected chi connectivity index (χ3v) is 6.02. The fraction of sp³-hybridized carbons (Fsp3) is 0.0769. The van der Waals surface area contributed by atoms with E-state index >= 15 is 0 Å². The van der Waals surface area contributed by atoms with Crippen molar-refractivity contribution in [3.63, 3.8) is 0 Å². The van der Waals surface area contributed by atoms with E-state index in [-0.39, 0.29) is 0 Å². The Morgan fingerprint density at radius 1 is 0.714 bits per heavy atom. The quantitative estimate of drug-likeness (QED) is 0.202. The SMILES string of the molecule is Cc1ccc2c3cccc4cnc5cccc(c2c1-c1cccc[n+]1C)c5c43. The van der Waals surface area contributed by atoms with E-state index in [0.29, 0.717) is 0 Å². The minimum atomic E-state index is 1.06. The van der Waals surface area contributed by atoms with Crippen LogP contribution in [-0.4, -0.2) is 4.98 Å². The Kier molecular flexibility index (Phi) is 3.05. The molecule has 0 spiro atoms. The van der Waals surface area contributed by atoms with E-state index in [0.717, 1.165) is 5.52 Å². The van der Waals surface area contributed by atoms with Crippen LogP contribution in [0.25, 0.3) is 54.5 Å². The van der Waals surface area contributed by atoms with E-state index in [2.05, 4.69) is 91.5 Å². The van der Waals surface area contributed by atoms with Crippen molar-refractivity contribution in [1.82, 2.24) is 4.98 Å². The van der Waals surface area contributed by atoms with Gasteiger partial charge in [0.25, 0.3) is 0 Å². The largest absolute Gasteiger partial charge is 0.256 e. The molecular formula is C26H19N2+. The zero-order chi connectivity index (χ0) is 18.8. The van der Waals surface area contributed by atoms with Crippen LogP contribution in [0.1, 0.15) is 5.56 Å². The van der Waals surface area contributed by atoms with Crippen LogP contribution in [0.15, 0.2) is 79.1 Å². The zero-order valence-corrected chi connectivity index (χ0v) is 15.9. The van der Waals surface area contributed by atoms with Crippen LogP contribution in [0, 0.1) is 6.92 Å². The lowest BCUT2D eigenvalue weighted by atomic mass is 9.87. The highest BCUT2D eigenvalue weighted by molar-refractivity contribution is 6.34. The van der Waals surface area contributed by atoms with Gasteiger partial charge in [0.2, 0.25) is 5.69 Å². The molecule has 132 valence electrons. The molecule has 0 unspecified atom stereocenters. The summed E-state index contributed by atoms with van der Waals surface area (Å²) in [5.74, 6) is 0. The first-order valence-electron chi connectivity index (χ1n) is 9.64. The van der Waals surface area contributed by atoms with Crippen LogP contribution in [0.3, 0.4) is 0 Å². The molecule has 2 nitrogen and oxygen atoms in total. The number of pyridine rings is 2. The van der Waals surface area contributed by atoms with Crippen molar-refractivity contribution in [3.05, 3.63) is 84.7 Å². The lowest BCUT2D eigenvalue weighted by molar-refractivity contribution is -0.660. The topological polar surface area (TPSA) is 16.8 Å². The first kappa shape index (κ1) is 15.5. The fourth-order valence-electron chi connectivity index (χ4n) is 4.76. The second-order valence-corrected chi connectivity index (χ2v) is 7.60. The van der Waals surface area contributed by atoms with Gasteiger partial charge in [0, 0.05) is 39.9 Å². The van der Waals surface area contributed by atoms with E-state index in [4.69, 9.17) is 4.98 Å². The highest BCUT2D eigenvalue weighted by Gasteiger charge is 2.21. The molecule has 2 aromatic heterocycles. The van der Waals surface area contributed by atoms with Crippen molar-refractivity contribution >= 4 is 43.2 Å². The summed E-state index contributed by atoms with van der Waals surface area (Å²) >= 11 is 0. The molecule has 0 bridgehead atoms. The number of aromatic nitrogens is 2. The number of hydrogen-bond donors (Lipinski definition) is 0. The minimum Gasteiger partial charge on any atom is -0.256 e. The maximum absolute atomic E-state index is 4.76. The Balaban J connectivity index is 1.99. The standard InChI is InChI=1S/C26H19N2/c1-16-12-13-19-18-8-5-7-17-15-27-21-10-6-9-20(26(21)24(17)18)25(19)23(16)22-11-3-4-14-28(22)2/h3-15H,1-2H3/q+1. The first-order valence-corrected chi connectivity index (χ1v) is 9.64. The molecule has 0 atom stereocenters. The zero-order valence-electron chi connectivity index (χ0n) is 15.9. The summed E-state index contributed by atoms with van der Waals surface area (Å²) in [6.07, 6.45) is 4.12. The molecule has 0 saturated heterocycles. The molecule has 0 aliphatic heterocycles. The third-order valence-electron chi connectivity index (χ3n) is 6.02. The Bertz CT molecular complexity index is 1530. The van der Waals surface area contributed by atoms with Gasteiger partial charge in [0.05, 0.1) is 11.1 Å². The van der Waals surface area contributed by atoms with Gasteiger partial charge in [0.15, 0.2) is 6.20 Å². The molecule has 0 aliphatic carbocycles. The molecule has 0 amide bonds. The van der Waals surface area contributed by atoms with E-state index in [1.54, 1.807) is 0 Å². The second kappa shape index (κ2) is 5.49. The van der Waals surface area contributed by atoms with E-state index in [1.165, 1.54) is 54.5 Å². The lowest BCUT2D eigenvalue weighted by Gasteiger charge is -2.17. The molecule has 0 fully saturated rings. The van der Waals surface area contributed by atoms with Crippen molar-refractivity contribution in [2.24, 2.45) is 7.05 Å². The van der Waals surface area contributed by atoms with Gasteiger partial charge in [-0.25, -0.2) is 4.57 Å². The lowest BCUT2D eigenvalue weighted by Crippen LogP contribution is -2.30. The maximum atomic E-state index is 4.76. The van der Waals surface area contributed by atoms with Gasteiger partial charge in [-0.1, -0.05) is 42.5 Å². The molecular weight excluding hydrogens is 340 g/mol. The predicted molar refractivity (Wildman–Crippen MR) is 117 cm³/mol. The molecule has 0 aliphatic rings. The normalized spacial score (nSPS) is 11.9. The van der Waals surface area contributed by atoms with Gasteiger partial charge in [-0.3, -0.25) is 4.98 Å². The molecule has 0 saturated carbocycles. The Morgan fingerprint density at radius 3 is 2.43 bits per heavy atom. The summed E-state index contributed by atoms with van der Waals surface area (Å²) in [5.41, 5.74) is 4.89. The molecule has 6 rings (SSSR count). The van der Waals surface area contributed by atoms with Crippen molar-refractivity contribution in [3.8, 4) is 11.3 Å². The van der Waals surface area contributed by atoms with Gasteiger partial charge in [0.1, 0.15) is 7.05 Å². The first-order chi connectivity index (χ1) is 13.7. The molecule has 6 aromatic rings. The average Bonchev–Trinajstić information content (AvgIpc) is 2.73. The van der Waals surface area contributed by atoms with Crippen molar-refractivity contribution in [2.45, 2.75) is 6.92 Å². The molecule has 2 heterocycles. The van der Waals surface area contributed by atoms with Crippen molar-refractivity contribution < 1.29 is 4.57 Å². The Hall–Kier alpha value is -3.52. The van der Waals surface area contributed by atoms with Crippen LogP contribution in [0.4, 0.5) is 0 Å². The number of rotatable bonds is 1. The molecule has 28 heavy (non-hydrogen) atoms.